The highest BCUT2D eigenvalue weighted by Crippen LogP contribution is 2.42. The average Bonchev–Trinajstić information content (AvgIpc) is 2.69. The van der Waals surface area contributed by atoms with Gasteiger partial charge in [0.05, 0.1) is 6.26 Å². The van der Waals surface area contributed by atoms with Crippen molar-refractivity contribution in [1.29, 1.82) is 0 Å². The molecule has 0 N–H and O–H groups in total. The molecule has 0 spiro atoms. The number of hydrogen-bond acceptors (Lipinski definition) is 1. The van der Waals surface area contributed by atoms with Gasteiger partial charge in [-0.15, -0.1) is 0 Å². The van der Waals surface area contributed by atoms with Crippen molar-refractivity contribution in [3.63, 3.8) is 0 Å². The van der Waals surface area contributed by atoms with Gasteiger partial charge in [-0.2, -0.15) is 4.39 Å². The van der Waals surface area contributed by atoms with Crippen LogP contribution in [0.25, 0.3) is 0 Å². The first-order valence-corrected chi connectivity index (χ1v) is 10.8. The Morgan fingerprint density at radius 1 is 0.926 bits per heavy atom. The summed E-state index contributed by atoms with van der Waals surface area (Å²) in [6, 6.07) is 3.21. The fourth-order valence-corrected chi connectivity index (χ4v) is 5.06. The molecule has 0 heterocycles. The van der Waals surface area contributed by atoms with E-state index in [-0.39, 0.29) is 5.75 Å². The molecule has 0 atom stereocenters. The Morgan fingerprint density at radius 2 is 1.56 bits per heavy atom. The highest BCUT2D eigenvalue weighted by Gasteiger charge is 2.30. The standard InChI is InChI=1S/C24H34F2O/c1-3-16-27-22-15-14-21(23(25)24(22)26)13-8-18-6-11-20(12-7-18)19-9-4-17(2)5-10-19/h3,14-20H,4-13H2,1-2H3/b16-3+. The molecular weight excluding hydrogens is 342 g/mol. The van der Waals surface area contributed by atoms with Crippen molar-refractivity contribution >= 4 is 0 Å². The Balaban J connectivity index is 1.47. The van der Waals surface area contributed by atoms with Crippen molar-refractivity contribution in [1.82, 2.24) is 0 Å². The number of rotatable bonds is 6. The van der Waals surface area contributed by atoms with Crippen molar-refractivity contribution in [2.24, 2.45) is 23.7 Å². The van der Waals surface area contributed by atoms with Crippen LogP contribution in [-0.4, -0.2) is 0 Å². The highest BCUT2D eigenvalue weighted by molar-refractivity contribution is 5.31. The molecule has 27 heavy (non-hydrogen) atoms. The molecule has 1 aromatic rings. The summed E-state index contributed by atoms with van der Waals surface area (Å²) in [5.41, 5.74) is 0.476. The molecule has 0 unspecified atom stereocenters. The minimum atomic E-state index is -0.874. The van der Waals surface area contributed by atoms with Crippen LogP contribution in [0, 0.1) is 35.3 Å². The van der Waals surface area contributed by atoms with Gasteiger partial charge in [0.25, 0.3) is 0 Å². The fraction of sp³-hybridized carbons (Fsp3) is 0.667. The lowest BCUT2D eigenvalue weighted by molar-refractivity contribution is 0.147. The van der Waals surface area contributed by atoms with Crippen molar-refractivity contribution in [2.75, 3.05) is 0 Å². The van der Waals surface area contributed by atoms with Crippen LogP contribution in [0.4, 0.5) is 8.78 Å². The van der Waals surface area contributed by atoms with E-state index in [1.165, 1.54) is 63.7 Å². The molecule has 1 nitrogen and oxygen atoms in total. The molecule has 0 aliphatic heterocycles. The van der Waals surface area contributed by atoms with E-state index in [4.69, 9.17) is 4.74 Å². The quantitative estimate of drug-likeness (QED) is 0.469. The molecule has 0 amide bonds. The predicted octanol–water partition coefficient (Wildman–Crippen LogP) is 7.44. The molecule has 150 valence electrons. The van der Waals surface area contributed by atoms with Gasteiger partial charge >= 0.3 is 0 Å². The predicted molar refractivity (Wildman–Crippen MR) is 107 cm³/mol. The lowest BCUT2D eigenvalue weighted by Crippen LogP contribution is -2.25. The molecule has 3 heteroatoms. The zero-order valence-corrected chi connectivity index (χ0v) is 16.9. The zero-order valence-electron chi connectivity index (χ0n) is 16.9. The minimum Gasteiger partial charge on any atom is -0.462 e. The van der Waals surface area contributed by atoms with Gasteiger partial charge in [-0.05, 0) is 80.8 Å². The van der Waals surface area contributed by atoms with E-state index in [0.29, 0.717) is 17.9 Å². The summed E-state index contributed by atoms with van der Waals surface area (Å²) >= 11 is 0. The molecule has 2 saturated carbocycles. The normalized spacial score (nSPS) is 29.2. The van der Waals surface area contributed by atoms with Crippen LogP contribution in [0.5, 0.6) is 5.75 Å². The van der Waals surface area contributed by atoms with Gasteiger partial charge in [-0.1, -0.05) is 44.7 Å². The lowest BCUT2D eigenvalue weighted by atomic mass is 9.69. The van der Waals surface area contributed by atoms with Crippen LogP contribution in [-0.2, 0) is 6.42 Å². The molecule has 0 bridgehead atoms. The third kappa shape index (κ3) is 5.33. The summed E-state index contributed by atoms with van der Waals surface area (Å²) < 4.78 is 33.5. The van der Waals surface area contributed by atoms with Crippen molar-refractivity contribution in [3.8, 4) is 5.75 Å². The Labute approximate surface area is 163 Å². The largest absolute Gasteiger partial charge is 0.462 e. The van der Waals surface area contributed by atoms with Crippen LogP contribution in [0.3, 0.4) is 0 Å². The first-order valence-electron chi connectivity index (χ1n) is 10.8. The van der Waals surface area contributed by atoms with E-state index in [2.05, 4.69) is 6.92 Å². The second-order valence-corrected chi connectivity index (χ2v) is 8.78. The molecule has 0 saturated heterocycles. The minimum absolute atomic E-state index is 0.0448. The Bertz CT molecular complexity index is 624. The van der Waals surface area contributed by atoms with Gasteiger partial charge < -0.3 is 4.74 Å². The number of allylic oxidation sites excluding steroid dienone is 1. The van der Waals surface area contributed by atoms with E-state index < -0.39 is 11.6 Å². The van der Waals surface area contributed by atoms with E-state index in [9.17, 15) is 8.78 Å². The number of ether oxygens (including phenoxy) is 1. The summed E-state index contributed by atoms with van der Waals surface area (Å²) in [6.07, 6.45) is 15.4. The van der Waals surface area contributed by atoms with Crippen LogP contribution in [0.2, 0.25) is 0 Å². The third-order valence-corrected chi connectivity index (χ3v) is 6.90. The van der Waals surface area contributed by atoms with Crippen LogP contribution < -0.4 is 4.74 Å². The number of benzene rings is 1. The highest BCUT2D eigenvalue weighted by atomic mass is 19.2. The Hall–Kier alpha value is -1.38. The molecule has 0 aromatic heterocycles. The summed E-state index contributed by atoms with van der Waals surface area (Å²) in [6.45, 7) is 4.15. The second-order valence-electron chi connectivity index (χ2n) is 8.78. The molecule has 2 aliphatic carbocycles. The van der Waals surface area contributed by atoms with Gasteiger partial charge in [0, 0.05) is 0 Å². The van der Waals surface area contributed by atoms with Crippen molar-refractivity contribution in [3.05, 3.63) is 41.7 Å². The molecule has 1 aromatic carbocycles. The van der Waals surface area contributed by atoms with Crippen LogP contribution >= 0.6 is 0 Å². The summed E-state index contributed by atoms with van der Waals surface area (Å²) in [7, 11) is 0. The van der Waals surface area contributed by atoms with Gasteiger partial charge in [0.1, 0.15) is 0 Å². The second kappa shape index (κ2) is 9.71. The SMILES string of the molecule is C/C=C/Oc1ccc(CCC2CCC(C3CCC(C)CC3)CC2)c(F)c1F. The topological polar surface area (TPSA) is 9.23 Å². The van der Waals surface area contributed by atoms with Crippen molar-refractivity contribution in [2.45, 2.75) is 78.1 Å². The van der Waals surface area contributed by atoms with Gasteiger partial charge in [-0.3, -0.25) is 0 Å². The maximum absolute atomic E-state index is 14.3. The van der Waals surface area contributed by atoms with Crippen molar-refractivity contribution < 1.29 is 13.5 Å². The van der Waals surface area contributed by atoms with Crippen LogP contribution in [0.1, 0.15) is 77.2 Å². The molecule has 2 fully saturated rings. The summed E-state index contributed by atoms with van der Waals surface area (Å²) in [4.78, 5) is 0. The Kier molecular flexibility index (Phi) is 7.32. The van der Waals surface area contributed by atoms with Gasteiger partial charge in [0.15, 0.2) is 11.6 Å². The fourth-order valence-electron chi connectivity index (χ4n) is 5.06. The molecule has 2 aliphatic rings. The van der Waals surface area contributed by atoms with E-state index in [0.717, 1.165) is 24.2 Å². The maximum Gasteiger partial charge on any atom is 0.201 e. The Morgan fingerprint density at radius 3 is 2.19 bits per heavy atom. The monoisotopic (exact) mass is 376 g/mol. The van der Waals surface area contributed by atoms with E-state index in [1.54, 1.807) is 19.1 Å². The maximum atomic E-state index is 14.3. The number of hydrogen-bond donors (Lipinski definition) is 0. The zero-order chi connectivity index (χ0) is 19.2. The van der Waals surface area contributed by atoms with E-state index >= 15 is 0 Å². The van der Waals surface area contributed by atoms with Gasteiger partial charge in [0.2, 0.25) is 5.82 Å². The molecule has 0 radical (unpaired) electrons. The smallest absolute Gasteiger partial charge is 0.201 e. The van der Waals surface area contributed by atoms with Crippen LogP contribution in [0.15, 0.2) is 24.5 Å². The molecule has 3 rings (SSSR count). The third-order valence-electron chi connectivity index (χ3n) is 6.90. The molecular formula is C24H34F2O. The van der Waals surface area contributed by atoms with Gasteiger partial charge in [-0.25, -0.2) is 4.39 Å². The summed E-state index contributed by atoms with van der Waals surface area (Å²) in [5, 5.41) is 0. The summed E-state index contributed by atoms with van der Waals surface area (Å²) in [5.74, 6) is 1.76. The first kappa shape index (κ1) is 20.4. The average molecular weight is 377 g/mol. The lowest BCUT2D eigenvalue weighted by Gasteiger charge is -2.37. The number of aryl methyl sites for hydroxylation is 1. The number of halogens is 2. The van der Waals surface area contributed by atoms with E-state index in [1.807, 2.05) is 0 Å². The first-order chi connectivity index (χ1) is 13.1.